The summed E-state index contributed by atoms with van der Waals surface area (Å²) < 4.78 is 5.14. The number of rotatable bonds is 5. The predicted octanol–water partition coefficient (Wildman–Crippen LogP) is 2.25. The molecule has 0 saturated carbocycles. The maximum atomic E-state index is 5.14. The zero-order chi connectivity index (χ0) is 14.7. The first-order valence-corrected chi connectivity index (χ1v) is 7.32. The number of aryl methyl sites for hydroxylation is 1. The largest absolute Gasteiger partial charge is 0.481 e. The Morgan fingerprint density at radius 3 is 2.95 bits per heavy atom. The summed E-state index contributed by atoms with van der Waals surface area (Å²) in [4.78, 5) is 17.6. The Bertz CT molecular complexity index is 644. The van der Waals surface area contributed by atoms with Gasteiger partial charge in [-0.25, -0.2) is 19.9 Å². The highest BCUT2D eigenvalue weighted by atomic mass is 16.5. The van der Waals surface area contributed by atoms with Gasteiger partial charge in [-0.2, -0.15) is 0 Å². The van der Waals surface area contributed by atoms with Crippen LogP contribution in [0.25, 0.3) is 11.5 Å². The van der Waals surface area contributed by atoms with Gasteiger partial charge in [0.05, 0.1) is 7.11 Å². The summed E-state index contributed by atoms with van der Waals surface area (Å²) in [5, 5.41) is 3.41. The summed E-state index contributed by atoms with van der Waals surface area (Å²) in [6.07, 6.45) is 5.74. The van der Waals surface area contributed by atoms with Crippen LogP contribution in [0.2, 0.25) is 0 Å². The molecule has 0 bridgehead atoms. The maximum absolute atomic E-state index is 5.14. The molecule has 1 aliphatic carbocycles. The molecular formula is C15H19N5O. The summed E-state index contributed by atoms with van der Waals surface area (Å²) in [5.41, 5.74) is 3.08. The average Bonchev–Trinajstić information content (AvgIpc) is 3.01. The number of nitrogens with zero attached hydrogens (tertiary/aromatic N) is 4. The van der Waals surface area contributed by atoms with Crippen molar-refractivity contribution >= 4 is 5.82 Å². The van der Waals surface area contributed by atoms with Gasteiger partial charge >= 0.3 is 0 Å². The molecule has 0 saturated heterocycles. The normalized spacial score (nSPS) is 13.0. The van der Waals surface area contributed by atoms with Crippen LogP contribution in [-0.2, 0) is 12.8 Å². The molecule has 0 unspecified atom stereocenters. The van der Waals surface area contributed by atoms with Crippen LogP contribution < -0.4 is 10.1 Å². The van der Waals surface area contributed by atoms with Gasteiger partial charge in [-0.3, -0.25) is 0 Å². The minimum atomic E-state index is 0.521. The van der Waals surface area contributed by atoms with Crippen molar-refractivity contribution in [2.75, 3.05) is 19.0 Å². The van der Waals surface area contributed by atoms with Crippen molar-refractivity contribution in [3.63, 3.8) is 0 Å². The van der Waals surface area contributed by atoms with Crippen molar-refractivity contribution in [3.05, 3.63) is 23.7 Å². The zero-order valence-electron chi connectivity index (χ0n) is 12.4. The average molecular weight is 285 g/mol. The number of ether oxygens (including phenoxy) is 1. The molecule has 0 aliphatic heterocycles. The fourth-order valence-electron chi connectivity index (χ4n) is 2.51. The molecule has 0 amide bonds. The van der Waals surface area contributed by atoms with E-state index in [2.05, 4.69) is 32.2 Å². The number of fused-ring (bicyclic) bond motifs is 1. The highest BCUT2D eigenvalue weighted by Crippen LogP contribution is 2.29. The van der Waals surface area contributed by atoms with Crippen molar-refractivity contribution in [2.24, 2.45) is 0 Å². The van der Waals surface area contributed by atoms with Crippen molar-refractivity contribution in [1.29, 1.82) is 0 Å². The van der Waals surface area contributed by atoms with Crippen LogP contribution in [0.15, 0.2) is 12.4 Å². The molecule has 2 heterocycles. The molecule has 0 fully saturated rings. The van der Waals surface area contributed by atoms with Gasteiger partial charge in [0.25, 0.3) is 0 Å². The SMILES string of the molecule is CCCNc1nc(-c2cc(OC)ncn2)nc2c1CCC2. The zero-order valence-corrected chi connectivity index (χ0v) is 12.4. The fourth-order valence-corrected chi connectivity index (χ4v) is 2.51. The molecule has 0 radical (unpaired) electrons. The van der Waals surface area contributed by atoms with Crippen LogP contribution in [0.4, 0.5) is 5.82 Å². The number of hydrogen-bond acceptors (Lipinski definition) is 6. The number of methoxy groups -OCH3 is 1. The minimum absolute atomic E-state index is 0.521. The van der Waals surface area contributed by atoms with E-state index in [-0.39, 0.29) is 0 Å². The van der Waals surface area contributed by atoms with Gasteiger partial charge in [-0.1, -0.05) is 6.92 Å². The first-order chi connectivity index (χ1) is 10.3. The van der Waals surface area contributed by atoms with E-state index in [0.717, 1.165) is 43.7 Å². The maximum Gasteiger partial charge on any atom is 0.216 e. The fraction of sp³-hybridized carbons (Fsp3) is 0.467. The van der Waals surface area contributed by atoms with Gasteiger partial charge in [-0.05, 0) is 25.7 Å². The van der Waals surface area contributed by atoms with Crippen molar-refractivity contribution in [2.45, 2.75) is 32.6 Å². The molecule has 21 heavy (non-hydrogen) atoms. The molecular weight excluding hydrogens is 266 g/mol. The lowest BCUT2D eigenvalue weighted by atomic mass is 10.2. The van der Waals surface area contributed by atoms with Crippen LogP contribution in [0, 0.1) is 0 Å². The molecule has 0 aromatic carbocycles. The molecule has 2 aromatic rings. The van der Waals surface area contributed by atoms with Gasteiger partial charge in [0.15, 0.2) is 5.82 Å². The Balaban J connectivity index is 2.02. The van der Waals surface area contributed by atoms with Crippen LogP contribution in [0.3, 0.4) is 0 Å². The Morgan fingerprint density at radius 2 is 2.14 bits per heavy atom. The third kappa shape index (κ3) is 2.79. The lowest BCUT2D eigenvalue weighted by molar-refractivity contribution is 0.397. The second-order valence-corrected chi connectivity index (χ2v) is 5.05. The van der Waals surface area contributed by atoms with E-state index < -0.39 is 0 Å². The van der Waals surface area contributed by atoms with E-state index in [1.54, 1.807) is 13.2 Å². The van der Waals surface area contributed by atoms with E-state index in [1.165, 1.54) is 11.9 Å². The molecule has 2 aromatic heterocycles. The second kappa shape index (κ2) is 6.03. The molecule has 110 valence electrons. The van der Waals surface area contributed by atoms with Gasteiger partial charge in [0.2, 0.25) is 5.88 Å². The standard InChI is InChI=1S/C15H19N5O/c1-3-7-16-14-10-5-4-6-11(10)19-15(20-14)12-8-13(21-2)18-9-17-12/h8-9H,3-7H2,1-2H3,(H,16,19,20). The Morgan fingerprint density at radius 1 is 1.24 bits per heavy atom. The molecule has 1 aliphatic rings. The summed E-state index contributed by atoms with van der Waals surface area (Å²) in [7, 11) is 1.59. The summed E-state index contributed by atoms with van der Waals surface area (Å²) in [5.74, 6) is 2.11. The molecule has 3 rings (SSSR count). The molecule has 6 heteroatoms. The van der Waals surface area contributed by atoms with Crippen molar-refractivity contribution < 1.29 is 4.74 Å². The van der Waals surface area contributed by atoms with E-state index in [0.29, 0.717) is 17.4 Å². The van der Waals surface area contributed by atoms with Crippen LogP contribution in [0.5, 0.6) is 5.88 Å². The Kier molecular flexibility index (Phi) is 3.94. The van der Waals surface area contributed by atoms with Gasteiger partial charge in [-0.15, -0.1) is 0 Å². The van der Waals surface area contributed by atoms with Crippen LogP contribution in [0.1, 0.15) is 31.0 Å². The number of anilines is 1. The van der Waals surface area contributed by atoms with E-state index in [1.807, 2.05) is 0 Å². The van der Waals surface area contributed by atoms with Gasteiger partial charge in [0, 0.05) is 23.9 Å². The molecule has 0 spiro atoms. The second-order valence-electron chi connectivity index (χ2n) is 5.05. The third-order valence-electron chi connectivity index (χ3n) is 3.56. The monoisotopic (exact) mass is 285 g/mol. The quantitative estimate of drug-likeness (QED) is 0.908. The van der Waals surface area contributed by atoms with Crippen LogP contribution >= 0.6 is 0 Å². The number of hydrogen-bond donors (Lipinski definition) is 1. The molecule has 0 atom stereocenters. The highest BCUT2D eigenvalue weighted by molar-refractivity contribution is 5.58. The minimum Gasteiger partial charge on any atom is -0.481 e. The highest BCUT2D eigenvalue weighted by Gasteiger charge is 2.20. The molecule has 6 nitrogen and oxygen atoms in total. The van der Waals surface area contributed by atoms with Gasteiger partial charge < -0.3 is 10.1 Å². The van der Waals surface area contributed by atoms with Gasteiger partial charge in [0.1, 0.15) is 17.8 Å². The lowest BCUT2D eigenvalue weighted by Crippen LogP contribution is -2.08. The smallest absolute Gasteiger partial charge is 0.216 e. The summed E-state index contributed by atoms with van der Waals surface area (Å²) >= 11 is 0. The topological polar surface area (TPSA) is 72.8 Å². The lowest BCUT2D eigenvalue weighted by Gasteiger charge is -2.11. The molecule has 1 N–H and O–H groups in total. The Hall–Kier alpha value is -2.24. The van der Waals surface area contributed by atoms with E-state index >= 15 is 0 Å². The van der Waals surface area contributed by atoms with Crippen LogP contribution in [-0.4, -0.2) is 33.6 Å². The van der Waals surface area contributed by atoms with E-state index in [4.69, 9.17) is 4.74 Å². The van der Waals surface area contributed by atoms with Crippen molar-refractivity contribution in [3.8, 4) is 17.4 Å². The predicted molar refractivity (Wildman–Crippen MR) is 80.4 cm³/mol. The van der Waals surface area contributed by atoms with E-state index in [9.17, 15) is 0 Å². The first kappa shape index (κ1) is 13.7. The summed E-state index contributed by atoms with van der Waals surface area (Å²) in [6.45, 7) is 3.06. The number of nitrogens with one attached hydrogen (secondary N) is 1. The van der Waals surface area contributed by atoms with Crippen molar-refractivity contribution in [1.82, 2.24) is 19.9 Å². The third-order valence-corrected chi connectivity index (χ3v) is 3.56. The summed E-state index contributed by atoms with van der Waals surface area (Å²) in [6, 6.07) is 1.76. The Labute approximate surface area is 124 Å². The first-order valence-electron chi connectivity index (χ1n) is 7.32. The number of aromatic nitrogens is 4.